The molecule has 108 valence electrons. The molecule has 0 aromatic heterocycles. The maximum atomic E-state index is 12.7. The van der Waals surface area contributed by atoms with Gasteiger partial charge in [0, 0.05) is 18.8 Å². The molecule has 2 fully saturated rings. The molecule has 0 bridgehead atoms. The average molecular weight is 272 g/mol. The highest BCUT2D eigenvalue weighted by atomic mass is 16.2. The fourth-order valence-electron chi connectivity index (χ4n) is 3.71. The highest BCUT2D eigenvalue weighted by Crippen LogP contribution is 2.34. The molecule has 3 unspecified atom stereocenters. The molecular formula is C17H24N2O. The second kappa shape index (κ2) is 5.57. The van der Waals surface area contributed by atoms with Gasteiger partial charge in [0.25, 0.3) is 0 Å². The van der Waals surface area contributed by atoms with E-state index in [9.17, 15) is 4.79 Å². The van der Waals surface area contributed by atoms with Crippen LogP contribution in [0.4, 0.5) is 5.69 Å². The fourth-order valence-corrected chi connectivity index (χ4v) is 3.71. The van der Waals surface area contributed by atoms with Gasteiger partial charge < -0.3 is 10.2 Å². The number of amides is 1. The molecule has 3 heteroatoms. The number of anilines is 1. The van der Waals surface area contributed by atoms with E-state index in [0.29, 0.717) is 12.0 Å². The Morgan fingerprint density at radius 2 is 2.10 bits per heavy atom. The smallest absolute Gasteiger partial charge is 0.243 e. The van der Waals surface area contributed by atoms with Crippen molar-refractivity contribution in [3.05, 3.63) is 29.8 Å². The van der Waals surface area contributed by atoms with Crippen molar-refractivity contribution in [2.75, 3.05) is 11.9 Å². The van der Waals surface area contributed by atoms with E-state index >= 15 is 0 Å². The van der Waals surface area contributed by atoms with Gasteiger partial charge in [-0.05, 0) is 49.8 Å². The Labute approximate surface area is 121 Å². The molecule has 3 atom stereocenters. The van der Waals surface area contributed by atoms with Gasteiger partial charge in [0.1, 0.15) is 0 Å². The number of carbonyl (C=O) groups is 1. The number of nitrogens with zero attached hydrogens (tertiary/aromatic N) is 1. The summed E-state index contributed by atoms with van der Waals surface area (Å²) in [4.78, 5) is 14.5. The van der Waals surface area contributed by atoms with Gasteiger partial charge in [-0.25, -0.2) is 0 Å². The van der Waals surface area contributed by atoms with Gasteiger partial charge in [0.2, 0.25) is 5.91 Å². The molecule has 1 heterocycles. The molecule has 3 rings (SSSR count). The van der Waals surface area contributed by atoms with Gasteiger partial charge in [0.05, 0.1) is 6.04 Å². The second-order valence-corrected chi connectivity index (χ2v) is 6.34. The van der Waals surface area contributed by atoms with E-state index in [1.807, 2.05) is 24.1 Å². The van der Waals surface area contributed by atoms with Crippen molar-refractivity contribution >= 4 is 11.6 Å². The summed E-state index contributed by atoms with van der Waals surface area (Å²) < 4.78 is 0. The summed E-state index contributed by atoms with van der Waals surface area (Å²) >= 11 is 0. The minimum Gasteiger partial charge on any atom is -0.314 e. The first-order valence-electron chi connectivity index (χ1n) is 7.75. The Bertz CT molecular complexity index is 486. The van der Waals surface area contributed by atoms with E-state index < -0.39 is 0 Å². The number of nitrogens with one attached hydrogen (secondary N) is 1. The van der Waals surface area contributed by atoms with Crippen LogP contribution in [0.25, 0.3) is 0 Å². The number of hydrogen-bond donors (Lipinski definition) is 1. The number of hydrogen-bond acceptors (Lipinski definition) is 2. The van der Waals surface area contributed by atoms with E-state index in [0.717, 1.165) is 12.1 Å². The molecule has 1 aromatic rings. The number of rotatable bonds is 2. The van der Waals surface area contributed by atoms with Crippen LogP contribution in [-0.4, -0.2) is 25.0 Å². The van der Waals surface area contributed by atoms with Crippen LogP contribution in [0.5, 0.6) is 0 Å². The summed E-state index contributed by atoms with van der Waals surface area (Å²) in [6.45, 7) is 2.06. The molecule has 2 aliphatic rings. The van der Waals surface area contributed by atoms with Crippen molar-refractivity contribution in [3.63, 3.8) is 0 Å². The zero-order valence-corrected chi connectivity index (χ0v) is 12.4. The Morgan fingerprint density at radius 3 is 2.85 bits per heavy atom. The molecule has 1 aliphatic heterocycles. The third-order valence-electron chi connectivity index (χ3n) is 4.88. The predicted octanol–water partition coefficient (Wildman–Crippen LogP) is 2.88. The minimum atomic E-state index is 0.00797. The van der Waals surface area contributed by atoms with E-state index in [1.165, 1.54) is 31.2 Å². The van der Waals surface area contributed by atoms with Crippen LogP contribution in [0, 0.1) is 12.8 Å². The first-order chi connectivity index (χ1) is 9.65. The molecule has 0 spiro atoms. The van der Waals surface area contributed by atoms with Gasteiger partial charge >= 0.3 is 0 Å². The zero-order valence-electron chi connectivity index (χ0n) is 12.4. The normalized spacial score (nSPS) is 29.0. The Balaban J connectivity index is 1.70. The average Bonchev–Trinajstić information content (AvgIpc) is 2.89. The minimum absolute atomic E-state index is 0.00797. The van der Waals surface area contributed by atoms with Crippen molar-refractivity contribution < 1.29 is 4.79 Å². The molecule has 1 N–H and O–H groups in total. The molecule has 1 aromatic carbocycles. The van der Waals surface area contributed by atoms with Gasteiger partial charge in [-0.15, -0.1) is 0 Å². The Hall–Kier alpha value is -1.35. The van der Waals surface area contributed by atoms with Crippen molar-refractivity contribution in [1.29, 1.82) is 0 Å². The van der Waals surface area contributed by atoms with Gasteiger partial charge in [-0.2, -0.15) is 0 Å². The molecular weight excluding hydrogens is 248 g/mol. The van der Waals surface area contributed by atoms with Crippen LogP contribution in [0.3, 0.4) is 0 Å². The lowest BCUT2D eigenvalue weighted by atomic mass is 9.85. The molecule has 1 aliphatic carbocycles. The third kappa shape index (κ3) is 2.59. The first kappa shape index (κ1) is 13.6. The van der Waals surface area contributed by atoms with Crippen LogP contribution in [0.2, 0.25) is 0 Å². The Kier molecular flexibility index (Phi) is 3.79. The topological polar surface area (TPSA) is 32.3 Å². The monoisotopic (exact) mass is 272 g/mol. The number of likely N-dealkylation sites (N-methyl/N-ethyl adjacent to an activating group) is 1. The number of aryl methyl sites for hydroxylation is 1. The lowest BCUT2D eigenvalue weighted by Crippen LogP contribution is -2.44. The van der Waals surface area contributed by atoms with Crippen molar-refractivity contribution in [2.24, 2.45) is 5.92 Å². The molecule has 0 radical (unpaired) electrons. The summed E-state index contributed by atoms with van der Waals surface area (Å²) in [6.07, 6.45) is 6.18. The maximum absolute atomic E-state index is 12.7. The largest absolute Gasteiger partial charge is 0.314 e. The number of carbonyl (C=O) groups excluding carboxylic acids is 1. The van der Waals surface area contributed by atoms with E-state index in [4.69, 9.17) is 0 Å². The summed E-state index contributed by atoms with van der Waals surface area (Å²) in [6, 6.07) is 8.73. The highest BCUT2D eigenvalue weighted by molar-refractivity contribution is 5.97. The van der Waals surface area contributed by atoms with Gasteiger partial charge in [0.15, 0.2) is 0 Å². The number of fused-ring (bicyclic) bond motifs is 1. The first-order valence-corrected chi connectivity index (χ1v) is 7.75. The summed E-state index contributed by atoms with van der Waals surface area (Å²) in [5.41, 5.74) is 2.18. The second-order valence-electron chi connectivity index (χ2n) is 6.34. The van der Waals surface area contributed by atoms with Crippen LogP contribution < -0.4 is 10.2 Å². The SMILES string of the molecule is Cc1cccc(N(C)C(=O)C2CC3CCCCC3N2)c1. The van der Waals surface area contributed by atoms with E-state index in [-0.39, 0.29) is 11.9 Å². The van der Waals surface area contributed by atoms with Crippen molar-refractivity contribution in [3.8, 4) is 0 Å². The van der Waals surface area contributed by atoms with Gasteiger partial charge in [-0.3, -0.25) is 4.79 Å². The lowest BCUT2D eigenvalue weighted by molar-refractivity contribution is -0.120. The molecule has 1 saturated carbocycles. The van der Waals surface area contributed by atoms with Crippen molar-refractivity contribution in [2.45, 2.75) is 51.1 Å². The molecule has 1 amide bonds. The van der Waals surface area contributed by atoms with E-state index in [1.54, 1.807) is 0 Å². The number of benzene rings is 1. The summed E-state index contributed by atoms with van der Waals surface area (Å²) in [7, 11) is 1.89. The molecule has 20 heavy (non-hydrogen) atoms. The molecule has 3 nitrogen and oxygen atoms in total. The quantitative estimate of drug-likeness (QED) is 0.898. The standard InChI is InChI=1S/C17H24N2O/c1-12-6-5-8-14(10-12)19(2)17(20)16-11-13-7-3-4-9-15(13)18-16/h5-6,8,10,13,15-16,18H,3-4,7,9,11H2,1-2H3. The van der Waals surface area contributed by atoms with Gasteiger partial charge in [-0.1, -0.05) is 25.0 Å². The molecule has 1 saturated heterocycles. The Morgan fingerprint density at radius 1 is 1.30 bits per heavy atom. The van der Waals surface area contributed by atoms with Crippen molar-refractivity contribution in [1.82, 2.24) is 5.32 Å². The third-order valence-corrected chi connectivity index (χ3v) is 4.88. The van der Waals surface area contributed by atoms with Crippen LogP contribution in [-0.2, 0) is 4.79 Å². The zero-order chi connectivity index (χ0) is 14.1. The maximum Gasteiger partial charge on any atom is 0.243 e. The predicted molar refractivity (Wildman–Crippen MR) is 81.9 cm³/mol. The van der Waals surface area contributed by atoms with Crippen LogP contribution in [0.15, 0.2) is 24.3 Å². The van der Waals surface area contributed by atoms with Crippen LogP contribution in [0.1, 0.15) is 37.7 Å². The highest BCUT2D eigenvalue weighted by Gasteiger charge is 2.39. The lowest BCUT2D eigenvalue weighted by Gasteiger charge is -2.24. The summed E-state index contributed by atoms with van der Waals surface area (Å²) in [5.74, 6) is 0.925. The van der Waals surface area contributed by atoms with E-state index in [2.05, 4.69) is 24.4 Å². The summed E-state index contributed by atoms with van der Waals surface area (Å²) in [5, 5.41) is 3.57. The fraction of sp³-hybridized carbons (Fsp3) is 0.588. The van der Waals surface area contributed by atoms with Crippen LogP contribution >= 0.6 is 0 Å².